The molecule has 0 aromatic carbocycles. The fourth-order valence-electron chi connectivity index (χ4n) is 1.05. The van der Waals surface area contributed by atoms with E-state index in [0.717, 1.165) is 0 Å². The molecular weight excluding hydrogens is 251 g/mol. The fourth-order valence-corrected chi connectivity index (χ4v) is 1.57. The molecule has 0 spiro atoms. The molecule has 1 atom stereocenters. The minimum atomic E-state index is -4.77. The van der Waals surface area contributed by atoms with Crippen molar-refractivity contribution in [3.05, 3.63) is 0 Å². The van der Waals surface area contributed by atoms with E-state index in [9.17, 15) is 14.2 Å². The number of Topliss-reactive ketones (excluding diaryl/α,β-unsaturated/α-hetero) is 1. The molecule has 100 valence electrons. The van der Waals surface area contributed by atoms with Crippen LogP contribution in [0.25, 0.3) is 0 Å². The van der Waals surface area contributed by atoms with Gasteiger partial charge in [-0.2, -0.15) is 0 Å². The topological polar surface area (TPSA) is 139 Å². The molecule has 0 aromatic rings. The number of phosphoric ester groups is 1. The van der Waals surface area contributed by atoms with Crippen molar-refractivity contribution in [2.45, 2.75) is 25.9 Å². The third-order valence-electron chi connectivity index (χ3n) is 1.79. The van der Waals surface area contributed by atoms with E-state index in [4.69, 9.17) is 15.5 Å². The molecule has 0 aliphatic rings. The predicted octanol–water partition coefficient (Wildman–Crippen LogP) is -1.09. The Hall–Kier alpha value is -0.790. The summed E-state index contributed by atoms with van der Waals surface area (Å²) in [5.74, 6) is -0.927. The van der Waals surface area contributed by atoms with Crippen LogP contribution in [0.15, 0.2) is 0 Å². The highest BCUT2D eigenvalue weighted by atomic mass is 31.2. The molecule has 0 bridgehead atoms. The fraction of sp³-hybridized carbons (Fsp3) is 0.750. The molecular formula is C8H17N2O6P. The monoisotopic (exact) mass is 268 g/mol. The van der Waals surface area contributed by atoms with Crippen molar-refractivity contribution < 1.29 is 28.5 Å². The Morgan fingerprint density at radius 1 is 1.47 bits per heavy atom. The lowest BCUT2D eigenvalue weighted by Crippen LogP contribution is -2.37. The van der Waals surface area contributed by atoms with Crippen LogP contribution in [0.1, 0.15) is 19.8 Å². The van der Waals surface area contributed by atoms with Gasteiger partial charge in [0.15, 0.2) is 5.78 Å². The Morgan fingerprint density at radius 2 is 2.06 bits per heavy atom. The average molecular weight is 268 g/mol. The molecule has 0 aliphatic carbocycles. The molecule has 0 saturated heterocycles. The van der Waals surface area contributed by atoms with Gasteiger partial charge < -0.3 is 20.8 Å². The second-order valence-corrected chi connectivity index (χ2v) is 4.57. The van der Waals surface area contributed by atoms with Gasteiger partial charge in [0.25, 0.3) is 0 Å². The van der Waals surface area contributed by atoms with E-state index in [2.05, 4.69) is 9.84 Å². The number of nitrogens with one attached hydrogen (secondary N) is 1. The first-order valence-corrected chi connectivity index (χ1v) is 6.50. The molecule has 0 aliphatic heterocycles. The zero-order valence-corrected chi connectivity index (χ0v) is 10.4. The van der Waals surface area contributed by atoms with Crippen LogP contribution in [-0.2, 0) is 18.7 Å². The van der Waals surface area contributed by atoms with Gasteiger partial charge in [0.05, 0.1) is 6.54 Å². The van der Waals surface area contributed by atoms with Gasteiger partial charge in [-0.05, 0) is 13.0 Å². The van der Waals surface area contributed by atoms with E-state index >= 15 is 0 Å². The minimum absolute atomic E-state index is 0.0424. The normalized spacial score (nSPS) is 13.2. The van der Waals surface area contributed by atoms with Gasteiger partial charge in [-0.1, -0.05) is 0 Å². The third-order valence-corrected chi connectivity index (χ3v) is 2.32. The largest absolute Gasteiger partial charge is 0.470 e. The maximum Gasteiger partial charge on any atom is 0.470 e. The second-order valence-electron chi connectivity index (χ2n) is 3.38. The summed E-state index contributed by atoms with van der Waals surface area (Å²) >= 11 is 0. The number of phosphoric acid groups is 1. The number of amides is 1. The van der Waals surface area contributed by atoms with Crippen LogP contribution >= 0.6 is 7.82 Å². The molecule has 1 unspecified atom stereocenters. The molecule has 9 heteroatoms. The summed E-state index contributed by atoms with van der Waals surface area (Å²) in [5, 5.41) is 2.27. The van der Waals surface area contributed by atoms with E-state index in [1.807, 2.05) is 0 Å². The molecule has 17 heavy (non-hydrogen) atoms. The Balaban J connectivity index is 4.43. The third kappa shape index (κ3) is 8.96. The van der Waals surface area contributed by atoms with Gasteiger partial charge in [-0.3, -0.25) is 14.1 Å². The van der Waals surface area contributed by atoms with Gasteiger partial charge in [0, 0.05) is 13.3 Å². The highest BCUT2D eigenvalue weighted by Crippen LogP contribution is 2.37. The van der Waals surface area contributed by atoms with E-state index in [1.165, 1.54) is 6.92 Å². The van der Waals surface area contributed by atoms with E-state index in [1.54, 1.807) is 0 Å². The predicted molar refractivity (Wildman–Crippen MR) is 58.9 cm³/mol. The Bertz CT molecular complexity index is 315. The van der Waals surface area contributed by atoms with Gasteiger partial charge in [0.2, 0.25) is 5.91 Å². The van der Waals surface area contributed by atoms with E-state index in [0.29, 0.717) is 6.42 Å². The first kappa shape index (κ1) is 16.2. The molecule has 0 fully saturated rings. The second kappa shape index (κ2) is 7.52. The van der Waals surface area contributed by atoms with Crippen molar-refractivity contribution in [3.8, 4) is 0 Å². The van der Waals surface area contributed by atoms with Crippen LogP contribution in [0.3, 0.4) is 0 Å². The summed E-state index contributed by atoms with van der Waals surface area (Å²) < 4.78 is 15.0. The summed E-state index contributed by atoms with van der Waals surface area (Å²) in [5.41, 5.74) is 5.21. The maximum atomic E-state index is 11.5. The van der Waals surface area contributed by atoms with Crippen LogP contribution in [0, 0.1) is 0 Å². The van der Waals surface area contributed by atoms with Gasteiger partial charge in [0.1, 0.15) is 6.10 Å². The Labute approximate surface area is 98.8 Å². The van der Waals surface area contributed by atoms with Crippen molar-refractivity contribution in [1.82, 2.24) is 5.32 Å². The lowest BCUT2D eigenvalue weighted by Gasteiger charge is -2.17. The van der Waals surface area contributed by atoms with Crippen LogP contribution in [-0.4, -0.2) is 40.7 Å². The molecule has 5 N–H and O–H groups in total. The SMILES string of the molecule is CC(=O)NCC(OP(=O)(O)O)C(=O)CCCN. The first-order valence-electron chi connectivity index (χ1n) is 4.97. The molecule has 0 rings (SSSR count). The molecule has 0 saturated carbocycles. The molecule has 8 nitrogen and oxygen atoms in total. The summed E-state index contributed by atoms with van der Waals surface area (Å²) in [6.07, 6.45) is -0.924. The number of hydrogen-bond donors (Lipinski definition) is 4. The smallest absolute Gasteiger partial charge is 0.353 e. The van der Waals surface area contributed by atoms with Crippen LogP contribution in [0.4, 0.5) is 0 Å². The number of carbonyl (C=O) groups is 2. The van der Waals surface area contributed by atoms with Crippen molar-refractivity contribution in [1.29, 1.82) is 0 Å². The summed E-state index contributed by atoms with van der Waals surface area (Å²) in [6.45, 7) is 1.23. The van der Waals surface area contributed by atoms with Gasteiger partial charge in [-0.25, -0.2) is 4.57 Å². The average Bonchev–Trinajstić information content (AvgIpc) is 2.18. The standard InChI is InChI=1S/C8H17N2O6P/c1-6(11)10-5-8(16-17(13,14)15)7(12)3-2-4-9/h8H,2-5,9H2,1H3,(H,10,11)(H2,13,14,15). The van der Waals surface area contributed by atoms with Crippen LogP contribution < -0.4 is 11.1 Å². The molecule has 0 radical (unpaired) electrons. The highest BCUT2D eigenvalue weighted by molar-refractivity contribution is 7.46. The summed E-state index contributed by atoms with van der Waals surface area (Å²) in [4.78, 5) is 39.4. The quantitative estimate of drug-likeness (QED) is 0.410. The Kier molecular flexibility index (Phi) is 7.17. The lowest BCUT2D eigenvalue weighted by atomic mass is 10.1. The van der Waals surface area contributed by atoms with Crippen molar-refractivity contribution in [3.63, 3.8) is 0 Å². The minimum Gasteiger partial charge on any atom is -0.353 e. The molecule has 0 heterocycles. The number of rotatable bonds is 8. The molecule has 1 amide bonds. The van der Waals surface area contributed by atoms with E-state index in [-0.39, 0.29) is 19.5 Å². The van der Waals surface area contributed by atoms with Crippen LogP contribution in [0.5, 0.6) is 0 Å². The highest BCUT2D eigenvalue weighted by Gasteiger charge is 2.27. The number of ketones is 1. The van der Waals surface area contributed by atoms with Gasteiger partial charge in [-0.15, -0.1) is 0 Å². The number of nitrogens with two attached hydrogens (primary N) is 1. The molecule has 0 aromatic heterocycles. The van der Waals surface area contributed by atoms with Crippen molar-refractivity contribution >= 4 is 19.5 Å². The maximum absolute atomic E-state index is 11.5. The Morgan fingerprint density at radius 3 is 2.47 bits per heavy atom. The summed E-state index contributed by atoms with van der Waals surface area (Å²) in [6, 6.07) is 0. The zero-order valence-electron chi connectivity index (χ0n) is 9.46. The lowest BCUT2D eigenvalue weighted by molar-refractivity contribution is -0.127. The first-order chi connectivity index (χ1) is 7.76. The number of hydrogen-bond acceptors (Lipinski definition) is 5. The van der Waals surface area contributed by atoms with Crippen molar-refractivity contribution in [2.75, 3.05) is 13.1 Å². The van der Waals surface area contributed by atoms with Gasteiger partial charge >= 0.3 is 7.82 Å². The number of carbonyl (C=O) groups excluding carboxylic acids is 2. The zero-order chi connectivity index (χ0) is 13.5. The van der Waals surface area contributed by atoms with Crippen LogP contribution in [0.2, 0.25) is 0 Å². The van der Waals surface area contributed by atoms with Crippen molar-refractivity contribution in [2.24, 2.45) is 5.73 Å². The van der Waals surface area contributed by atoms with E-state index < -0.39 is 25.6 Å². The summed E-state index contributed by atoms with van der Waals surface area (Å²) in [7, 11) is -4.77.